The monoisotopic (exact) mass is 464 g/mol. The van der Waals surface area contributed by atoms with Crippen LogP contribution in [0.1, 0.15) is 22.7 Å². The molecule has 176 valence electrons. The number of benzene rings is 4. The molecule has 4 rings (SSSR count). The molecule has 0 aliphatic rings. The predicted octanol–water partition coefficient (Wildman–Crippen LogP) is 5.65. The number of hydrogen-bond acceptors (Lipinski definition) is 3. The van der Waals surface area contributed by atoms with Crippen LogP contribution < -0.4 is 10.1 Å². The van der Waals surface area contributed by atoms with E-state index in [1.807, 2.05) is 91.0 Å². The Hall–Kier alpha value is -4.38. The van der Waals surface area contributed by atoms with Crippen molar-refractivity contribution in [3.63, 3.8) is 0 Å². The fourth-order valence-electron chi connectivity index (χ4n) is 3.97. The second-order valence-electron chi connectivity index (χ2n) is 8.20. The van der Waals surface area contributed by atoms with Crippen LogP contribution in [0.4, 0.5) is 5.69 Å². The minimum Gasteiger partial charge on any atom is -0.497 e. The van der Waals surface area contributed by atoms with Crippen molar-refractivity contribution in [2.24, 2.45) is 0 Å². The molecule has 0 fully saturated rings. The number of rotatable bonds is 9. The first kappa shape index (κ1) is 23.8. The van der Waals surface area contributed by atoms with E-state index in [1.54, 1.807) is 36.3 Å². The van der Waals surface area contributed by atoms with Gasteiger partial charge in [0.15, 0.2) is 0 Å². The first-order valence-electron chi connectivity index (χ1n) is 11.5. The highest BCUT2D eigenvalue weighted by Gasteiger charge is 2.31. The van der Waals surface area contributed by atoms with Gasteiger partial charge in [-0.2, -0.15) is 0 Å². The first-order chi connectivity index (χ1) is 17.1. The maximum Gasteiger partial charge on any atom is 0.251 e. The standard InChI is InChI=1S/C30H28N2O3/c1-35-27-19-17-26(18-20-27)31-30(34)29(25-15-9-4-10-16-25)32(22-24-13-7-3-8-14-24)28(33)21-23-11-5-2-6-12-23/h2-20,29H,21-22H2,1H3,(H,31,34). The molecule has 35 heavy (non-hydrogen) atoms. The van der Waals surface area contributed by atoms with Crippen molar-refractivity contribution in [1.82, 2.24) is 4.90 Å². The zero-order chi connectivity index (χ0) is 24.5. The maximum atomic E-state index is 13.7. The second-order valence-corrected chi connectivity index (χ2v) is 8.20. The van der Waals surface area contributed by atoms with E-state index < -0.39 is 6.04 Å². The van der Waals surface area contributed by atoms with Gasteiger partial charge in [0.2, 0.25) is 5.91 Å². The molecule has 0 aromatic heterocycles. The van der Waals surface area contributed by atoms with Crippen molar-refractivity contribution in [2.45, 2.75) is 19.0 Å². The van der Waals surface area contributed by atoms with Crippen molar-refractivity contribution in [3.8, 4) is 5.75 Å². The lowest BCUT2D eigenvalue weighted by Gasteiger charge is -2.32. The van der Waals surface area contributed by atoms with E-state index in [0.29, 0.717) is 18.0 Å². The van der Waals surface area contributed by atoms with E-state index in [9.17, 15) is 9.59 Å². The van der Waals surface area contributed by atoms with E-state index >= 15 is 0 Å². The van der Waals surface area contributed by atoms with Gasteiger partial charge in [0.05, 0.1) is 13.5 Å². The number of nitrogens with zero attached hydrogens (tertiary/aromatic N) is 1. The molecule has 0 spiro atoms. The topological polar surface area (TPSA) is 58.6 Å². The van der Waals surface area contributed by atoms with E-state index in [4.69, 9.17) is 4.74 Å². The lowest BCUT2D eigenvalue weighted by molar-refractivity contribution is -0.139. The molecule has 1 unspecified atom stereocenters. The average molecular weight is 465 g/mol. The summed E-state index contributed by atoms with van der Waals surface area (Å²) in [5.74, 6) is 0.295. The Morgan fingerprint density at radius 2 is 1.29 bits per heavy atom. The number of carbonyl (C=O) groups is 2. The molecule has 0 radical (unpaired) electrons. The van der Waals surface area contributed by atoms with Gasteiger partial charge in [0.1, 0.15) is 11.8 Å². The molecule has 4 aromatic carbocycles. The third-order valence-electron chi connectivity index (χ3n) is 5.75. The van der Waals surface area contributed by atoms with Crippen molar-refractivity contribution in [2.75, 3.05) is 12.4 Å². The van der Waals surface area contributed by atoms with Crippen LogP contribution in [0.15, 0.2) is 115 Å². The van der Waals surface area contributed by atoms with Gasteiger partial charge in [0.25, 0.3) is 5.91 Å². The average Bonchev–Trinajstić information content (AvgIpc) is 2.90. The summed E-state index contributed by atoms with van der Waals surface area (Å²) in [5, 5.41) is 2.99. The Labute approximate surface area is 206 Å². The van der Waals surface area contributed by atoms with Crippen LogP contribution in [-0.2, 0) is 22.6 Å². The summed E-state index contributed by atoms with van der Waals surface area (Å²) in [4.78, 5) is 29.1. The Kier molecular flexibility index (Phi) is 7.92. The van der Waals surface area contributed by atoms with Gasteiger partial charge in [-0.05, 0) is 41.0 Å². The van der Waals surface area contributed by atoms with Gasteiger partial charge in [-0.15, -0.1) is 0 Å². The van der Waals surface area contributed by atoms with Crippen LogP contribution in [0.2, 0.25) is 0 Å². The number of nitrogens with one attached hydrogen (secondary N) is 1. The SMILES string of the molecule is COc1ccc(NC(=O)C(c2ccccc2)N(Cc2ccccc2)C(=O)Cc2ccccc2)cc1. The van der Waals surface area contributed by atoms with Crippen LogP contribution in [-0.4, -0.2) is 23.8 Å². The number of hydrogen-bond donors (Lipinski definition) is 1. The maximum absolute atomic E-state index is 13.7. The molecule has 5 nitrogen and oxygen atoms in total. The van der Waals surface area contributed by atoms with E-state index in [-0.39, 0.29) is 18.2 Å². The molecule has 0 heterocycles. The fraction of sp³-hybridized carbons (Fsp3) is 0.133. The number of methoxy groups -OCH3 is 1. The highest BCUT2D eigenvalue weighted by molar-refractivity contribution is 5.98. The largest absolute Gasteiger partial charge is 0.497 e. The van der Waals surface area contributed by atoms with Crippen molar-refractivity contribution >= 4 is 17.5 Å². The highest BCUT2D eigenvalue weighted by atomic mass is 16.5. The Morgan fingerprint density at radius 3 is 1.86 bits per heavy atom. The quantitative estimate of drug-likeness (QED) is 0.348. The van der Waals surface area contributed by atoms with Gasteiger partial charge in [-0.3, -0.25) is 9.59 Å². The molecule has 0 saturated heterocycles. The molecule has 0 aliphatic carbocycles. The molecule has 0 aliphatic heterocycles. The third-order valence-corrected chi connectivity index (χ3v) is 5.75. The summed E-state index contributed by atoms with van der Waals surface area (Å²) in [6, 6.07) is 35.1. The van der Waals surface area contributed by atoms with E-state index in [0.717, 1.165) is 16.7 Å². The van der Waals surface area contributed by atoms with Gasteiger partial charge in [-0.1, -0.05) is 91.0 Å². The summed E-state index contributed by atoms with van der Waals surface area (Å²) >= 11 is 0. The first-order valence-corrected chi connectivity index (χ1v) is 11.5. The number of carbonyl (C=O) groups excluding carboxylic acids is 2. The molecular weight excluding hydrogens is 436 g/mol. The minimum absolute atomic E-state index is 0.126. The predicted molar refractivity (Wildman–Crippen MR) is 138 cm³/mol. The Morgan fingerprint density at radius 1 is 0.743 bits per heavy atom. The zero-order valence-electron chi connectivity index (χ0n) is 19.6. The van der Waals surface area contributed by atoms with Gasteiger partial charge >= 0.3 is 0 Å². The normalized spacial score (nSPS) is 11.3. The van der Waals surface area contributed by atoms with E-state index in [1.165, 1.54) is 0 Å². The smallest absolute Gasteiger partial charge is 0.251 e. The van der Waals surface area contributed by atoms with Crippen molar-refractivity contribution in [3.05, 3.63) is 132 Å². The highest BCUT2D eigenvalue weighted by Crippen LogP contribution is 2.27. The fourth-order valence-corrected chi connectivity index (χ4v) is 3.97. The van der Waals surface area contributed by atoms with E-state index in [2.05, 4.69) is 5.32 Å². The lowest BCUT2D eigenvalue weighted by atomic mass is 10.0. The van der Waals surface area contributed by atoms with Gasteiger partial charge in [0, 0.05) is 12.2 Å². The number of amides is 2. The minimum atomic E-state index is -0.810. The summed E-state index contributed by atoms with van der Waals surface area (Å²) in [6.45, 7) is 0.308. The zero-order valence-corrected chi connectivity index (χ0v) is 19.6. The van der Waals surface area contributed by atoms with Crippen LogP contribution in [0.5, 0.6) is 5.75 Å². The molecule has 2 amide bonds. The summed E-state index contributed by atoms with van der Waals surface area (Å²) in [6.07, 6.45) is 0.201. The van der Waals surface area contributed by atoms with Crippen molar-refractivity contribution < 1.29 is 14.3 Å². The summed E-state index contributed by atoms with van der Waals surface area (Å²) < 4.78 is 5.22. The molecule has 5 heteroatoms. The van der Waals surface area contributed by atoms with Gasteiger partial charge < -0.3 is 15.0 Å². The van der Waals surface area contributed by atoms with Crippen LogP contribution >= 0.6 is 0 Å². The third kappa shape index (κ3) is 6.36. The Balaban J connectivity index is 1.69. The lowest BCUT2D eigenvalue weighted by Crippen LogP contribution is -2.41. The number of anilines is 1. The van der Waals surface area contributed by atoms with Crippen molar-refractivity contribution in [1.29, 1.82) is 0 Å². The number of ether oxygens (including phenoxy) is 1. The van der Waals surface area contributed by atoms with Crippen LogP contribution in [0.25, 0.3) is 0 Å². The molecule has 0 bridgehead atoms. The summed E-state index contributed by atoms with van der Waals surface area (Å²) in [5.41, 5.74) is 3.23. The molecule has 1 N–H and O–H groups in total. The Bertz CT molecular complexity index is 1230. The van der Waals surface area contributed by atoms with Crippen LogP contribution in [0.3, 0.4) is 0 Å². The second kappa shape index (κ2) is 11.7. The molecule has 0 saturated carbocycles. The summed E-state index contributed by atoms with van der Waals surface area (Å²) in [7, 11) is 1.60. The molecule has 1 atom stereocenters. The molecular formula is C30H28N2O3. The van der Waals surface area contributed by atoms with Gasteiger partial charge in [-0.25, -0.2) is 0 Å². The van der Waals surface area contributed by atoms with Crippen LogP contribution in [0, 0.1) is 0 Å². The molecule has 4 aromatic rings.